The lowest BCUT2D eigenvalue weighted by atomic mass is 9.99. The van der Waals surface area contributed by atoms with Crippen molar-refractivity contribution < 1.29 is 4.39 Å². The summed E-state index contributed by atoms with van der Waals surface area (Å²) in [6.07, 6.45) is 2.73. The van der Waals surface area contributed by atoms with Crippen molar-refractivity contribution >= 4 is 5.82 Å². The van der Waals surface area contributed by atoms with Crippen molar-refractivity contribution in [2.75, 3.05) is 5.73 Å². The van der Waals surface area contributed by atoms with Crippen LogP contribution < -0.4 is 5.73 Å². The van der Waals surface area contributed by atoms with E-state index in [1.807, 2.05) is 13.8 Å². The van der Waals surface area contributed by atoms with Gasteiger partial charge >= 0.3 is 0 Å². The quantitative estimate of drug-likeness (QED) is 0.867. The maximum Gasteiger partial charge on any atom is 0.150 e. The summed E-state index contributed by atoms with van der Waals surface area (Å²) < 4.78 is 15.3. The molecule has 2 heterocycles. The molecular weight excluding hydrogens is 219 g/mol. The first kappa shape index (κ1) is 11.6. The Balaban J connectivity index is 2.68. The zero-order valence-corrected chi connectivity index (χ0v) is 10.1. The fourth-order valence-corrected chi connectivity index (χ4v) is 1.89. The van der Waals surface area contributed by atoms with Gasteiger partial charge in [-0.1, -0.05) is 13.8 Å². The molecule has 0 spiro atoms. The highest BCUT2D eigenvalue weighted by atomic mass is 19.1. The van der Waals surface area contributed by atoms with Gasteiger partial charge in [-0.25, -0.2) is 4.39 Å². The second-order valence-electron chi connectivity index (χ2n) is 4.28. The number of nitrogen functional groups attached to an aromatic ring is 1. The molecule has 17 heavy (non-hydrogen) atoms. The van der Waals surface area contributed by atoms with Gasteiger partial charge in [0.2, 0.25) is 0 Å². The maximum atomic E-state index is 13.7. The molecule has 2 aromatic heterocycles. The largest absolute Gasteiger partial charge is 0.384 e. The average molecular weight is 234 g/mol. The van der Waals surface area contributed by atoms with Gasteiger partial charge in [0, 0.05) is 24.4 Å². The molecule has 0 amide bonds. The number of aryl methyl sites for hydroxylation is 1. The Morgan fingerprint density at radius 1 is 1.41 bits per heavy atom. The Morgan fingerprint density at radius 2 is 2.12 bits per heavy atom. The molecule has 90 valence electrons. The van der Waals surface area contributed by atoms with Crippen molar-refractivity contribution in [3.63, 3.8) is 0 Å². The Morgan fingerprint density at radius 3 is 2.71 bits per heavy atom. The average Bonchev–Trinajstić information content (AvgIpc) is 2.56. The summed E-state index contributed by atoms with van der Waals surface area (Å²) in [4.78, 5) is 3.73. The molecule has 5 heteroatoms. The zero-order valence-electron chi connectivity index (χ0n) is 10.1. The minimum Gasteiger partial charge on any atom is -0.384 e. The second kappa shape index (κ2) is 4.16. The summed E-state index contributed by atoms with van der Waals surface area (Å²) >= 11 is 0. The van der Waals surface area contributed by atoms with Gasteiger partial charge in [-0.05, 0) is 12.0 Å². The van der Waals surface area contributed by atoms with Crippen LogP contribution in [0, 0.1) is 5.82 Å². The molecule has 4 nitrogen and oxygen atoms in total. The fraction of sp³-hybridized carbons (Fsp3) is 0.333. The van der Waals surface area contributed by atoms with Crippen molar-refractivity contribution in [3.05, 3.63) is 29.8 Å². The third-order valence-electron chi connectivity index (χ3n) is 2.73. The molecule has 0 aliphatic rings. The monoisotopic (exact) mass is 234 g/mol. The first-order chi connectivity index (χ1) is 8.02. The normalized spacial score (nSPS) is 11.1. The topological polar surface area (TPSA) is 56.7 Å². The van der Waals surface area contributed by atoms with Crippen molar-refractivity contribution in [1.29, 1.82) is 0 Å². The molecule has 2 N–H and O–H groups in total. The Bertz CT molecular complexity index is 545. The Kier molecular flexibility index (Phi) is 2.83. The van der Waals surface area contributed by atoms with E-state index in [0.29, 0.717) is 17.1 Å². The van der Waals surface area contributed by atoms with Crippen LogP contribution in [0.1, 0.15) is 25.3 Å². The molecule has 0 aliphatic heterocycles. The van der Waals surface area contributed by atoms with Crippen LogP contribution >= 0.6 is 0 Å². The highest BCUT2D eigenvalue weighted by molar-refractivity contribution is 5.69. The van der Waals surface area contributed by atoms with Gasteiger partial charge < -0.3 is 5.73 Å². The molecule has 0 unspecified atom stereocenters. The van der Waals surface area contributed by atoms with Gasteiger partial charge in [0.15, 0.2) is 5.82 Å². The molecule has 0 saturated carbocycles. The number of nitrogens with two attached hydrogens (primary N) is 1. The minimum atomic E-state index is -0.382. The van der Waals surface area contributed by atoms with Crippen molar-refractivity contribution in [3.8, 4) is 11.3 Å². The van der Waals surface area contributed by atoms with E-state index >= 15 is 0 Å². The highest BCUT2D eigenvalue weighted by Gasteiger charge is 2.20. The van der Waals surface area contributed by atoms with E-state index in [1.165, 1.54) is 6.20 Å². The summed E-state index contributed by atoms with van der Waals surface area (Å²) in [7, 11) is 1.75. The third-order valence-corrected chi connectivity index (χ3v) is 2.73. The Hall–Kier alpha value is -1.91. The van der Waals surface area contributed by atoms with Crippen LogP contribution in [0.5, 0.6) is 0 Å². The molecule has 0 radical (unpaired) electrons. The number of nitrogens with zero attached hydrogens (tertiary/aromatic N) is 3. The number of halogens is 1. The van der Waals surface area contributed by atoms with Crippen molar-refractivity contribution in [1.82, 2.24) is 14.8 Å². The van der Waals surface area contributed by atoms with Crippen LogP contribution in [-0.2, 0) is 7.05 Å². The summed E-state index contributed by atoms with van der Waals surface area (Å²) in [6, 6.07) is 1.61. The van der Waals surface area contributed by atoms with Crippen molar-refractivity contribution in [2.24, 2.45) is 7.05 Å². The lowest BCUT2D eigenvalue weighted by Gasteiger charge is -2.07. The SMILES string of the molecule is CC(C)c1c(-c2ccncc2F)nn(C)c1N. The minimum absolute atomic E-state index is 0.186. The first-order valence-electron chi connectivity index (χ1n) is 5.44. The highest BCUT2D eigenvalue weighted by Crippen LogP contribution is 2.33. The molecule has 2 rings (SSSR count). The molecule has 0 aromatic carbocycles. The second-order valence-corrected chi connectivity index (χ2v) is 4.28. The van der Waals surface area contributed by atoms with E-state index in [4.69, 9.17) is 5.73 Å². The Labute approximate surface area is 99.3 Å². The number of anilines is 1. The van der Waals surface area contributed by atoms with Gasteiger partial charge in [0.25, 0.3) is 0 Å². The van der Waals surface area contributed by atoms with Gasteiger partial charge in [0.05, 0.1) is 6.20 Å². The number of pyridine rings is 1. The lowest BCUT2D eigenvalue weighted by molar-refractivity contribution is 0.623. The smallest absolute Gasteiger partial charge is 0.150 e. The summed E-state index contributed by atoms with van der Waals surface area (Å²) in [5.74, 6) is 0.380. The van der Waals surface area contributed by atoms with E-state index in [-0.39, 0.29) is 11.7 Å². The van der Waals surface area contributed by atoms with Crippen LogP contribution in [-0.4, -0.2) is 14.8 Å². The number of hydrogen-bond acceptors (Lipinski definition) is 3. The first-order valence-corrected chi connectivity index (χ1v) is 5.44. The molecule has 0 aliphatic carbocycles. The van der Waals surface area contributed by atoms with Crippen LogP contribution in [0.25, 0.3) is 11.3 Å². The van der Waals surface area contributed by atoms with Crippen LogP contribution in [0.15, 0.2) is 18.5 Å². The number of aromatic nitrogens is 3. The lowest BCUT2D eigenvalue weighted by Crippen LogP contribution is -2.00. The van der Waals surface area contributed by atoms with Gasteiger partial charge in [-0.3, -0.25) is 9.67 Å². The third kappa shape index (κ3) is 1.88. The van der Waals surface area contributed by atoms with Gasteiger partial charge in [-0.2, -0.15) is 5.10 Å². The molecule has 0 saturated heterocycles. The van der Waals surface area contributed by atoms with E-state index in [9.17, 15) is 4.39 Å². The van der Waals surface area contributed by atoms with Crippen LogP contribution in [0.4, 0.5) is 10.2 Å². The van der Waals surface area contributed by atoms with Gasteiger partial charge in [0.1, 0.15) is 11.5 Å². The standard InChI is InChI=1S/C12H15FN4/c1-7(2)10-11(16-17(3)12(10)14)8-4-5-15-6-9(8)13/h4-7H,14H2,1-3H3. The van der Waals surface area contributed by atoms with Crippen LogP contribution in [0.3, 0.4) is 0 Å². The van der Waals surface area contributed by atoms with E-state index in [2.05, 4.69) is 10.1 Å². The molecule has 0 atom stereocenters. The number of rotatable bonds is 2. The van der Waals surface area contributed by atoms with E-state index in [1.54, 1.807) is 24.0 Å². The zero-order chi connectivity index (χ0) is 12.6. The van der Waals surface area contributed by atoms with Crippen molar-refractivity contribution in [2.45, 2.75) is 19.8 Å². The molecular formula is C12H15FN4. The summed E-state index contributed by atoms with van der Waals surface area (Å²) in [5, 5.41) is 4.29. The van der Waals surface area contributed by atoms with Gasteiger partial charge in [-0.15, -0.1) is 0 Å². The maximum absolute atomic E-state index is 13.7. The predicted molar refractivity (Wildman–Crippen MR) is 64.9 cm³/mol. The molecule has 2 aromatic rings. The summed E-state index contributed by atoms with van der Waals surface area (Å²) in [5.41, 5.74) is 7.86. The molecule has 0 bridgehead atoms. The fourth-order valence-electron chi connectivity index (χ4n) is 1.89. The predicted octanol–water partition coefficient (Wildman–Crippen LogP) is 2.33. The van der Waals surface area contributed by atoms with Crippen LogP contribution in [0.2, 0.25) is 0 Å². The number of hydrogen-bond donors (Lipinski definition) is 1. The molecule has 0 fully saturated rings. The van der Waals surface area contributed by atoms with E-state index < -0.39 is 0 Å². The van der Waals surface area contributed by atoms with E-state index in [0.717, 1.165) is 5.56 Å². The summed E-state index contributed by atoms with van der Waals surface area (Å²) in [6.45, 7) is 4.02.